The lowest BCUT2D eigenvalue weighted by Crippen LogP contribution is -2.22. The number of hydrogen-bond acceptors (Lipinski definition) is 2. The molecule has 0 aliphatic carbocycles. The summed E-state index contributed by atoms with van der Waals surface area (Å²) < 4.78 is 0. The molecule has 0 saturated carbocycles. The average Bonchev–Trinajstić information content (AvgIpc) is 2.49. The van der Waals surface area contributed by atoms with Gasteiger partial charge in [0.1, 0.15) is 0 Å². The van der Waals surface area contributed by atoms with Crippen LogP contribution in [0.15, 0.2) is 54.6 Å². The van der Waals surface area contributed by atoms with E-state index in [1.165, 1.54) is 0 Å². The van der Waals surface area contributed by atoms with Crippen molar-refractivity contribution in [3.05, 3.63) is 65.7 Å². The zero-order valence-corrected chi connectivity index (χ0v) is 12.5. The van der Waals surface area contributed by atoms with E-state index in [1.54, 1.807) is 0 Å². The van der Waals surface area contributed by atoms with E-state index in [2.05, 4.69) is 5.32 Å². The Morgan fingerprint density at radius 2 is 1.71 bits per heavy atom. The molecule has 3 nitrogen and oxygen atoms in total. The predicted octanol–water partition coefficient (Wildman–Crippen LogP) is 3.84. The van der Waals surface area contributed by atoms with Crippen LogP contribution in [0.1, 0.15) is 43.4 Å². The van der Waals surface area contributed by atoms with Gasteiger partial charge in [0.2, 0.25) is 5.91 Å². The molecule has 110 valence electrons. The Balaban J connectivity index is 2.21. The topological polar surface area (TPSA) is 55.1 Å². The molecule has 2 rings (SSSR count). The maximum Gasteiger partial charge on any atom is 0.231 e. The molecule has 0 fully saturated rings. The van der Waals surface area contributed by atoms with Gasteiger partial charge in [-0.2, -0.15) is 0 Å². The van der Waals surface area contributed by atoms with E-state index < -0.39 is 0 Å². The molecule has 2 aromatic carbocycles. The molecule has 21 heavy (non-hydrogen) atoms. The van der Waals surface area contributed by atoms with E-state index in [1.807, 2.05) is 68.4 Å². The quantitative estimate of drug-likeness (QED) is 0.875. The number of para-hydroxylation sites is 1. The third-order valence-electron chi connectivity index (χ3n) is 3.64. The monoisotopic (exact) mass is 282 g/mol. The summed E-state index contributed by atoms with van der Waals surface area (Å²) in [5.41, 5.74) is 8.75. The van der Waals surface area contributed by atoms with E-state index >= 15 is 0 Å². The fourth-order valence-corrected chi connectivity index (χ4v) is 2.49. The van der Waals surface area contributed by atoms with Gasteiger partial charge in [0, 0.05) is 11.7 Å². The molecule has 0 radical (unpaired) electrons. The number of hydrogen-bond donors (Lipinski definition) is 2. The number of nitrogens with two attached hydrogens (primary N) is 1. The summed E-state index contributed by atoms with van der Waals surface area (Å²) in [5.74, 6) is -0.135. The Morgan fingerprint density at radius 3 is 2.33 bits per heavy atom. The first-order valence-electron chi connectivity index (χ1n) is 7.33. The van der Waals surface area contributed by atoms with Crippen molar-refractivity contribution in [1.82, 2.24) is 0 Å². The molecule has 2 aromatic rings. The van der Waals surface area contributed by atoms with Crippen LogP contribution in [0.3, 0.4) is 0 Å². The SMILES string of the molecule is CCC(C(=O)Nc1ccccc1C(C)N)c1ccccc1. The van der Waals surface area contributed by atoms with E-state index in [9.17, 15) is 4.79 Å². The Kier molecular flexibility index (Phi) is 5.12. The van der Waals surface area contributed by atoms with Gasteiger partial charge in [-0.25, -0.2) is 0 Å². The highest BCUT2D eigenvalue weighted by Gasteiger charge is 2.19. The Hall–Kier alpha value is -2.13. The Labute approximate surface area is 126 Å². The highest BCUT2D eigenvalue weighted by molar-refractivity contribution is 5.96. The van der Waals surface area contributed by atoms with Crippen LogP contribution in [0, 0.1) is 0 Å². The van der Waals surface area contributed by atoms with Crippen LogP contribution < -0.4 is 11.1 Å². The summed E-state index contributed by atoms with van der Waals surface area (Å²) in [7, 11) is 0. The lowest BCUT2D eigenvalue weighted by molar-refractivity contribution is -0.117. The lowest BCUT2D eigenvalue weighted by atomic mass is 9.95. The Morgan fingerprint density at radius 1 is 1.10 bits per heavy atom. The molecule has 0 bridgehead atoms. The van der Waals surface area contributed by atoms with Crippen LogP contribution in [0.4, 0.5) is 5.69 Å². The van der Waals surface area contributed by atoms with Crippen molar-refractivity contribution >= 4 is 11.6 Å². The maximum absolute atomic E-state index is 12.6. The zero-order chi connectivity index (χ0) is 15.2. The number of amides is 1. The number of nitrogens with one attached hydrogen (secondary N) is 1. The van der Waals surface area contributed by atoms with Gasteiger partial charge >= 0.3 is 0 Å². The van der Waals surface area contributed by atoms with Gasteiger partial charge in [-0.15, -0.1) is 0 Å². The molecule has 0 spiro atoms. The summed E-state index contributed by atoms with van der Waals surface area (Å²) in [6.07, 6.45) is 0.760. The van der Waals surface area contributed by atoms with Crippen LogP contribution >= 0.6 is 0 Å². The second-order valence-corrected chi connectivity index (χ2v) is 5.24. The van der Waals surface area contributed by atoms with Gasteiger partial charge in [-0.05, 0) is 30.5 Å². The Bertz CT molecular complexity index is 593. The first kappa shape index (κ1) is 15.3. The van der Waals surface area contributed by atoms with Crippen LogP contribution in [0.2, 0.25) is 0 Å². The number of anilines is 1. The van der Waals surface area contributed by atoms with Crippen molar-refractivity contribution in [3.8, 4) is 0 Å². The number of benzene rings is 2. The van der Waals surface area contributed by atoms with Crippen molar-refractivity contribution in [2.45, 2.75) is 32.2 Å². The second-order valence-electron chi connectivity index (χ2n) is 5.24. The zero-order valence-electron chi connectivity index (χ0n) is 12.5. The molecule has 3 N–H and O–H groups in total. The molecule has 1 amide bonds. The first-order chi connectivity index (χ1) is 10.1. The number of carbonyl (C=O) groups is 1. The fraction of sp³-hybridized carbons (Fsp3) is 0.278. The predicted molar refractivity (Wildman–Crippen MR) is 87.1 cm³/mol. The average molecular weight is 282 g/mol. The molecule has 0 aliphatic rings. The molecule has 0 saturated heterocycles. The van der Waals surface area contributed by atoms with Gasteiger partial charge in [-0.3, -0.25) is 4.79 Å². The summed E-state index contributed by atoms with van der Waals surface area (Å²) in [4.78, 5) is 12.6. The smallest absolute Gasteiger partial charge is 0.231 e. The van der Waals surface area contributed by atoms with E-state index in [0.717, 1.165) is 23.2 Å². The van der Waals surface area contributed by atoms with Crippen LogP contribution in [0.25, 0.3) is 0 Å². The first-order valence-corrected chi connectivity index (χ1v) is 7.33. The van der Waals surface area contributed by atoms with Crippen LogP contribution in [0.5, 0.6) is 0 Å². The fourth-order valence-electron chi connectivity index (χ4n) is 2.49. The van der Waals surface area contributed by atoms with Crippen molar-refractivity contribution in [3.63, 3.8) is 0 Å². The van der Waals surface area contributed by atoms with Crippen molar-refractivity contribution < 1.29 is 4.79 Å². The third kappa shape index (κ3) is 3.70. The largest absolute Gasteiger partial charge is 0.325 e. The lowest BCUT2D eigenvalue weighted by Gasteiger charge is -2.18. The van der Waals surface area contributed by atoms with Gasteiger partial charge in [-0.1, -0.05) is 55.5 Å². The molecule has 2 atom stereocenters. The molecular weight excluding hydrogens is 260 g/mol. The second kappa shape index (κ2) is 7.04. The highest BCUT2D eigenvalue weighted by atomic mass is 16.1. The van der Waals surface area contributed by atoms with Crippen molar-refractivity contribution in [2.24, 2.45) is 5.73 Å². The standard InChI is InChI=1S/C18H22N2O/c1-3-15(14-9-5-4-6-10-14)18(21)20-17-12-8-7-11-16(17)13(2)19/h4-13,15H,3,19H2,1-2H3,(H,20,21). The van der Waals surface area contributed by atoms with Gasteiger partial charge in [0.05, 0.1) is 5.92 Å². The number of carbonyl (C=O) groups excluding carboxylic acids is 1. The molecular formula is C18H22N2O. The van der Waals surface area contributed by atoms with E-state index in [4.69, 9.17) is 5.73 Å². The molecule has 0 heterocycles. The summed E-state index contributed by atoms with van der Waals surface area (Å²) in [6, 6.07) is 17.4. The molecule has 2 unspecified atom stereocenters. The van der Waals surface area contributed by atoms with Gasteiger partial charge in [0.15, 0.2) is 0 Å². The maximum atomic E-state index is 12.6. The van der Waals surface area contributed by atoms with E-state index in [-0.39, 0.29) is 17.9 Å². The minimum Gasteiger partial charge on any atom is -0.325 e. The third-order valence-corrected chi connectivity index (χ3v) is 3.64. The van der Waals surface area contributed by atoms with E-state index in [0.29, 0.717) is 0 Å². The van der Waals surface area contributed by atoms with Crippen LogP contribution in [-0.4, -0.2) is 5.91 Å². The minimum atomic E-state index is -0.146. The minimum absolute atomic E-state index is 0.0109. The summed E-state index contributed by atoms with van der Waals surface area (Å²) in [5, 5.41) is 3.02. The molecule has 0 aromatic heterocycles. The van der Waals surface area contributed by atoms with Gasteiger partial charge < -0.3 is 11.1 Å². The molecule has 0 aliphatic heterocycles. The van der Waals surface area contributed by atoms with Crippen LogP contribution in [-0.2, 0) is 4.79 Å². The summed E-state index contributed by atoms with van der Waals surface area (Å²) >= 11 is 0. The molecule has 3 heteroatoms. The summed E-state index contributed by atoms with van der Waals surface area (Å²) in [6.45, 7) is 3.94. The highest BCUT2D eigenvalue weighted by Crippen LogP contribution is 2.25. The van der Waals surface area contributed by atoms with Crippen molar-refractivity contribution in [1.29, 1.82) is 0 Å². The van der Waals surface area contributed by atoms with Crippen molar-refractivity contribution in [2.75, 3.05) is 5.32 Å². The number of rotatable bonds is 5. The normalized spacial score (nSPS) is 13.5. The van der Waals surface area contributed by atoms with Gasteiger partial charge in [0.25, 0.3) is 0 Å².